The summed E-state index contributed by atoms with van der Waals surface area (Å²) < 4.78 is 9.09. The molecule has 13 aromatic rings. The molecule has 1 spiro atoms. The van der Waals surface area contributed by atoms with Gasteiger partial charge in [0.2, 0.25) is 0 Å². The average Bonchev–Trinajstić information content (AvgIpc) is 4.14. The first-order chi connectivity index (χ1) is 34.2. The Bertz CT molecular complexity index is 4140. The number of aromatic nitrogens is 4. The molecule has 5 heteroatoms. The molecule has 320 valence electrons. The maximum absolute atomic E-state index is 6.60. The van der Waals surface area contributed by atoms with Gasteiger partial charge in [-0.05, 0) is 98.6 Å². The van der Waals surface area contributed by atoms with Gasteiger partial charge < -0.3 is 8.98 Å². The Labute approximate surface area is 397 Å². The van der Waals surface area contributed by atoms with Gasteiger partial charge in [0, 0.05) is 49.5 Å². The van der Waals surface area contributed by atoms with Crippen LogP contribution >= 0.6 is 0 Å². The first-order valence-electron chi connectivity index (χ1n) is 23.5. The Morgan fingerprint density at radius 3 is 1.49 bits per heavy atom. The summed E-state index contributed by atoms with van der Waals surface area (Å²) in [6.07, 6.45) is 0. The van der Waals surface area contributed by atoms with Crippen LogP contribution in [0.1, 0.15) is 22.3 Å². The van der Waals surface area contributed by atoms with Crippen molar-refractivity contribution in [3.63, 3.8) is 0 Å². The normalized spacial score (nSPS) is 13.0. The number of nitrogens with zero attached hydrogens (tertiary/aromatic N) is 4. The molecular weight excluding hydrogens is 841 g/mol. The molecule has 0 saturated heterocycles. The van der Waals surface area contributed by atoms with Crippen LogP contribution in [0, 0.1) is 0 Å². The maximum Gasteiger partial charge on any atom is 0.164 e. The fourth-order valence-corrected chi connectivity index (χ4v) is 11.7. The minimum absolute atomic E-state index is 0.429. The molecule has 0 saturated carbocycles. The zero-order valence-electron chi connectivity index (χ0n) is 37.1. The standard InChI is InChI=1S/C64H38N4O/c1-4-16-39(17-5-1)61-65-62(40-18-6-2-7-19-40)67-63(66-61)43-28-31-47-51-37-42(30-35-57(51)69-58(47)38-43)41-29-34-56-50(36-41)48-32-33-55-59(60(48)68(56)44-20-8-3-9-21-44)49-24-12-15-27-54(49)64(55)52-25-13-10-22-45(52)46-23-11-14-26-53(46)64/h1-38H. The number of benzene rings is 10. The largest absolute Gasteiger partial charge is 0.456 e. The summed E-state index contributed by atoms with van der Waals surface area (Å²) in [4.78, 5) is 14.9. The summed E-state index contributed by atoms with van der Waals surface area (Å²) >= 11 is 0. The zero-order valence-corrected chi connectivity index (χ0v) is 37.1. The van der Waals surface area contributed by atoms with Crippen LogP contribution in [0.4, 0.5) is 0 Å². The lowest BCUT2D eigenvalue weighted by Gasteiger charge is -2.30. The van der Waals surface area contributed by atoms with Crippen LogP contribution in [0.15, 0.2) is 235 Å². The molecule has 0 amide bonds. The van der Waals surface area contributed by atoms with Gasteiger partial charge in [-0.15, -0.1) is 0 Å². The number of fused-ring (bicyclic) bond motifs is 17. The first-order valence-corrected chi connectivity index (χ1v) is 23.5. The van der Waals surface area contributed by atoms with E-state index in [1.165, 1.54) is 66.3 Å². The van der Waals surface area contributed by atoms with Gasteiger partial charge in [-0.2, -0.15) is 0 Å². The van der Waals surface area contributed by atoms with Crippen molar-refractivity contribution in [1.82, 2.24) is 19.5 Å². The maximum atomic E-state index is 6.60. The third-order valence-corrected chi connectivity index (χ3v) is 14.7. The summed E-state index contributed by atoms with van der Waals surface area (Å²) in [5.74, 6) is 1.85. The van der Waals surface area contributed by atoms with Gasteiger partial charge in [-0.25, -0.2) is 15.0 Å². The van der Waals surface area contributed by atoms with Gasteiger partial charge in [-0.3, -0.25) is 0 Å². The van der Waals surface area contributed by atoms with E-state index in [4.69, 9.17) is 19.4 Å². The molecule has 0 atom stereocenters. The molecule has 0 fully saturated rings. The average molecular weight is 879 g/mol. The van der Waals surface area contributed by atoms with Crippen LogP contribution in [0.25, 0.3) is 117 Å². The molecule has 5 nitrogen and oxygen atoms in total. The Morgan fingerprint density at radius 1 is 0.333 bits per heavy atom. The Morgan fingerprint density at radius 2 is 0.841 bits per heavy atom. The molecule has 0 N–H and O–H groups in total. The summed E-state index contributed by atoms with van der Waals surface area (Å²) in [5, 5.41) is 4.54. The lowest BCUT2D eigenvalue weighted by atomic mass is 9.70. The Hall–Kier alpha value is -9.19. The fourth-order valence-electron chi connectivity index (χ4n) is 11.7. The SMILES string of the molecule is c1ccc(-c2nc(-c3ccccc3)nc(-c3ccc4c(c3)oc3ccc(-c5ccc6c(c5)c5ccc7c(c5n6-c5ccccc5)-c5ccccc5C75c6ccccc6-c6ccccc65)cc34)n2)cc1. The van der Waals surface area contributed by atoms with Crippen molar-refractivity contribution in [3.05, 3.63) is 253 Å². The van der Waals surface area contributed by atoms with Crippen LogP contribution < -0.4 is 0 Å². The number of rotatable bonds is 5. The van der Waals surface area contributed by atoms with Crippen LogP contribution in [0.2, 0.25) is 0 Å². The third-order valence-electron chi connectivity index (χ3n) is 14.7. The molecule has 0 aliphatic heterocycles. The third kappa shape index (κ3) is 5.38. The van der Waals surface area contributed by atoms with E-state index in [-0.39, 0.29) is 0 Å². The second-order valence-corrected chi connectivity index (χ2v) is 18.2. The topological polar surface area (TPSA) is 56.7 Å². The van der Waals surface area contributed by atoms with Crippen molar-refractivity contribution >= 4 is 43.7 Å². The number of furan rings is 1. The van der Waals surface area contributed by atoms with Crippen LogP contribution in [-0.2, 0) is 5.41 Å². The molecule has 15 rings (SSSR count). The van der Waals surface area contributed by atoms with Crippen LogP contribution in [-0.4, -0.2) is 19.5 Å². The van der Waals surface area contributed by atoms with Gasteiger partial charge in [0.1, 0.15) is 11.2 Å². The number of para-hydroxylation sites is 1. The highest BCUT2D eigenvalue weighted by atomic mass is 16.3. The van der Waals surface area contributed by atoms with E-state index >= 15 is 0 Å². The lowest BCUT2D eigenvalue weighted by molar-refractivity contribution is 0.669. The first kappa shape index (κ1) is 38.0. The Kier molecular flexibility index (Phi) is 7.93. The van der Waals surface area contributed by atoms with Crippen molar-refractivity contribution in [2.75, 3.05) is 0 Å². The molecule has 2 aliphatic carbocycles. The Balaban J connectivity index is 0.896. The van der Waals surface area contributed by atoms with E-state index in [2.05, 4.69) is 174 Å². The van der Waals surface area contributed by atoms with E-state index < -0.39 is 5.41 Å². The molecule has 2 aliphatic rings. The van der Waals surface area contributed by atoms with Crippen LogP contribution in [0.3, 0.4) is 0 Å². The highest BCUT2D eigenvalue weighted by Gasteiger charge is 2.52. The van der Waals surface area contributed by atoms with Gasteiger partial charge in [0.05, 0.1) is 16.4 Å². The van der Waals surface area contributed by atoms with Gasteiger partial charge in [0.25, 0.3) is 0 Å². The van der Waals surface area contributed by atoms with Crippen molar-refractivity contribution in [2.24, 2.45) is 0 Å². The highest BCUT2D eigenvalue weighted by molar-refractivity contribution is 6.17. The number of hydrogen-bond acceptors (Lipinski definition) is 4. The van der Waals surface area contributed by atoms with E-state index in [1.54, 1.807) is 0 Å². The van der Waals surface area contributed by atoms with Gasteiger partial charge in [-0.1, -0.05) is 182 Å². The molecule has 0 radical (unpaired) electrons. The summed E-state index contributed by atoms with van der Waals surface area (Å²) in [6.45, 7) is 0. The highest BCUT2D eigenvalue weighted by Crippen LogP contribution is 2.64. The van der Waals surface area contributed by atoms with Crippen LogP contribution in [0.5, 0.6) is 0 Å². The molecule has 69 heavy (non-hydrogen) atoms. The molecule has 10 aromatic carbocycles. The summed E-state index contributed by atoms with van der Waals surface area (Å²) in [6, 6.07) is 82.8. The predicted octanol–water partition coefficient (Wildman–Crippen LogP) is 15.9. The molecule has 0 bridgehead atoms. The molecule has 0 unspecified atom stereocenters. The smallest absolute Gasteiger partial charge is 0.164 e. The molecule has 3 aromatic heterocycles. The van der Waals surface area contributed by atoms with Crippen molar-refractivity contribution in [1.29, 1.82) is 0 Å². The summed E-state index contributed by atoms with van der Waals surface area (Å²) in [7, 11) is 0. The predicted molar refractivity (Wildman–Crippen MR) is 279 cm³/mol. The van der Waals surface area contributed by atoms with E-state index in [0.717, 1.165) is 55.4 Å². The van der Waals surface area contributed by atoms with E-state index in [0.29, 0.717) is 17.5 Å². The summed E-state index contributed by atoms with van der Waals surface area (Å²) in [5.41, 5.74) is 20.3. The van der Waals surface area contributed by atoms with E-state index in [9.17, 15) is 0 Å². The number of hydrogen-bond donors (Lipinski definition) is 0. The monoisotopic (exact) mass is 878 g/mol. The second kappa shape index (κ2) is 14.4. The minimum atomic E-state index is -0.429. The molecule has 3 heterocycles. The van der Waals surface area contributed by atoms with Gasteiger partial charge in [0.15, 0.2) is 17.5 Å². The zero-order chi connectivity index (χ0) is 45.2. The van der Waals surface area contributed by atoms with Gasteiger partial charge >= 0.3 is 0 Å². The minimum Gasteiger partial charge on any atom is -0.456 e. The van der Waals surface area contributed by atoms with Crippen molar-refractivity contribution in [3.8, 4) is 73.2 Å². The molecular formula is C64H38N4O. The van der Waals surface area contributed by atoms with E-state index in [1.807, 2.05) is 60.7 Å². The van der Waals surface area contributed by atoms with Crippen molar-refractivity contribution in [2.45, 2.75) is 5.41 Å². The lowest BCUT2D eigenvalue weighted by Crippen LogP contribution is -2.25. The fraction of sp³-hybridized carbons (Fsp3) is 0.0156. The van der Waals surface area contributed by atoms with Crippen molar-refractivity contribution < 1.29 is 4.42 Å². The second-order valence-electron chi connectivity index (χ2n) is 18.2. The quantitative estimate of drug-likeness (QED) is 0.173.